The first kappa shape index (κ1) is 17.5. The van der Waals surface area contributed by atoms with Gasteiger partial charge in [0.25, 0.3) is 0 Å². The molecular formula is C16H25N3O4. The van der Waals surface area contributed by atoms with E-state index >= 15 is 0 Å². The normalized spacial score (nSPS) is 19.7. The van der Waals surface area contributed by atoms with E-state index in [1.807, 2.05) is 32.5 Å². The van der Waals surface area contributed by atoms with Crippen molar-refractivity contribution in [1.29, 1.82) is 0 Å². The minimum absolute atomic E-state index is 0.0475. The van der Waals surface area contributed by atoms with E-state index < -0.39 is 12.1 Å². The molecule has 1 aromatic heterocycles. The van der Waals surface area contributed by atoms with Gasteiger partial charge in [-0.1, -0.05) is 6.92 Å². The summed E-state index contributed by atoms with van der Waals surface area (Å²) in [6.45, 7) is 7.13. The Labute approximate surface area is 136 Å². The molecule has 2 atom stereocenters. The fourth-order valence-electron chi connectivity index (χ4n) is 3.06. The predicted molar refractivity (Wildman–Crippen MR) is 84.1 cm³/mol. The molecule has 2 heterocycles. The zero-order valence-corrected chi connectivity index (χ0v) is 14.2. The standard InChI is InChI=1S/C16H25N3O4/c1-10(7-14-11(2)17-18(4)12(14)3)16(22)19-5-6-23-13(9-19)8-15(20)21/h10,13H,5-9H2,1-4H3,(H,20,21)/t10-,13+/m0/s1. The van der Waals surface area contributed by atoms with Crippen molar-refractivity contribution in [3.63, 3.8) is 0 Å². The number of rotatable bonds is 5. The number of aromatic nitrogens is 2. The first-order valence-corrected chi connectivity index (χ1v) is 7.90. The number of ether oxygens (including phenoxy) is 1. The summed E-state index contributed by atoms with van der Waals surface area (Å²) in [7, 11) is 1.90. The number of carboxylic acid groups (broad SMARTS) is 1. The Hall–Kier alpha value is -1.89. The molecule has 1 N–H and O–H groups in total. The number of carbonyl (C=O) groups is 2. The lowest BCUT2D eigenvalue weighted by Crippen LogP contribution is -2.48. The lowest BCUT2D eigenvalue weighted by molar-refractivity contribution is -0.149. The van der Waals surface area contributed by atoms with Gasteiger partial charge in [0.1, 0.15) is 0 Å². The van der Waals surface area contributed by atoms with E-state index in [0.717, 1.165) is 17.0 Å². The van der Waals surface area contributed by atoms with Gasteiger partial charge in [0.2, 0.25) is 5.91 Å². The van der Waals surface area contributed by atoms with Crippen molar-refractivity contribution in [2.75, 3.05) is 19.7 Å². The summed E-state index contributed by atoms with van der Waals surface area (Å²) in [6, 6.07) is 0. The highest BCUT2D eigenvalue weighted by Crippen LogP contribution is 2.19. The quantitative estimate of drug-likeness (QED) is 0.871. The number of carbonyl (C=O) groups excluding carboxylic acids is 1. The van der Waals surface area contributed by atoms with Crippen molar-refractivity contribution in [2.24, 2.45) is 13.0 Å². The van der Waals surface area contributed by atoms with Gasteiger partial charge in [0, 0.05) is 31.7 Å². The van der Waals surface area contributed by atoms with Gasteiger partial charge in [-0.2, -0.15) is 5.10 Å². The Balaban J connectivity index is 2.00. The van der Waals surface area contributed by atoms with Crippen LogP contribution < -0.4 is 0 Å². The minimum Gasteiger partial charge on any atom is -0.481 e. The zero-order chi connectivity index (χ0) is 17.1. The van der Waals surface area contributed by atoms with Crippen LogP contribution in [0.2, 0.25) is 0 Å². The summed E-state index contributed by atoms with van der Waals surface area (Å²) in [5.41, 5.74) is 3.15. The molecule has 1 aliphatic rings. The molecule has 0 spiro atoms. The van der Waals surface area contributed by atoms with Crippen LogP contribution in [-0.4, -0.2) is 57.5 Å². The number of amides is 1. The summed E-state index contributed by atoms with van der Waals surface area (Å²) in [6.07, 6.45) is 0.156. The highest BCUT2D eigenvalue weighted by molar-refractivity contribution is 5.79. The highest BCUT2D eigenvalue weighted by atomic mass is 16.5. The van der Waals surface area contributed by atoms with Crippen LogP contribution >= 0.6 is 0 Å². The molecule has 7 nitrogen and oxygen atoms in total. The van der Waals surface area contributed by atoms with Crippen LogP contribution in [0.3, 0.4) is 0 Å². The molecule has 1 aliphatic heterocycles. The van der Waals surface area contributed by atoms with E-state index in [1.165, 1.54) is 0 Å². The molecule has 0 unspecified atom stereocenters. The Morgan fingerprint density at radius 2 is 2.13 bits per heavy atom. The predicted octanol–water partition coefficient (Wildman–Crippen LogP) is 0.918. The maximum absolute atomic E-state index is 12.7. The van der Waals surface area contributed by atoms with Crippen molar-refractivity contribution in [1.82, 2.24) is 14.7 Å². The molecule has 1 aromatic rings. The van der Waals surface area contributed by atoms with Crippen molar-refractivity contribution >= 4 is 11.9 Å². The topological polar surface area (TPSA) is 84.7 Å². The van der Waals surface area contributed by atoms with E-state index in [4.69, 9.17) is 9.84 Å². The van der Waals surface area contributed by atoms with E-state index in [2.05, 4.69) is 5.10 Å². The van der Waals surface area contributed by atoms with E-state index in [-0.39, 0.29) is 18.2 Å². The molecule has 1 fully saturated rings. The van der Waals surface area contributed by atoms with Gasteiger partial charge in [-0.15, -0.1) is 0 Å². The zero-order valence-electron chi connectivity index (χ0n) is 14.2. The highest BCUT2D eigenvalue weighted by Gasteiger charge is 2.29. The smallest absolute Gasteiger partial charge is 0.306 e. The van der Waals surface area contributed by atoms with Gasteiger partial charge in [0.15, 0.2) is 0 Å². The molecule has 0 radical (unpaired) electrons. The first-order valence-electron chi connectivity index (χ1n) is 7.90. The number of carboxylic acids is 1. The maximum Gasteiger partial charge on any atom is 0.306 e. The fraction of sp³-hybridized carbons (Fsp3) is 0.688. The summed E-state index contributed by atoms with van der Waals surface area (Å²) >= 11 is 0. The number of hydrogen-bond donors (Lipinski definition) is 1. The molecule has 23 heavy (non-hydrogen) atoms. The molecule has 2 rings (SSSR count). The van der Waals surface area contributed by atoms with Crippen LogP contribution in [-0.2, 0) is 27.8 Å². The lowest BCUT2D eigenvalue weighted by atomic mass is 9.98. The van der Waals surface area contributed by atoms with Crippen molar-refractivity contribution in [3.05, 3.63) is 17.0 Å². The Morgan fingerprint density at radius 3 is 2.70 bits per heavy atom. The van der Waals surface area contributed by atoms with Gasteiger partial charge in [-0.25, -0.2) is 0 Å². The number of aliphatic carboxylic acids is 1. The van der Waals surface area contributed by atoms with Gasteiger partial charge < -0.3 is 14.7 Å². The van der Waals surface area contributed by atoms with Crippen molar-refractivity contribution < 1.29 is 19.4 Å². The van der Waals surface area contributed by atoms with Gasteiger partial charge >= 0.3 is 5.97 Å². The molecule has 128 valence electrons. The fourth-order valence-corrected chi connectivity index (χ4v) is 3.06. The second-order valence-electron chi connectivity index (χ2n) is 6.25. The number of nitrogens with zero attached hydrogens (tertiary/aromatic N) is 3. The van der Waals surface area contributed by atoms with Crippen LogP contribution in [0.15, 0.2) is 0 Å². The van der Waals surface area contributed by atoms with E-state index in [0.29, 0.717) is 26.1 Å². The molecule has 0 saturated carbocycles. The van der Waals surface area contributed by atoms with Crippen molar-refractivity contribution in [2.45, 2.75) is 39.7 Å². The Bertz CT molecular complexity index is 596. The molecule has 0 aromatic carbocycles. The van der Waals surface area contributed by atoms with E-state index in [9.17, 15) is 9.59 Å². The summed E-state index contributed by atoms with van der Waals surface area (Å²) in [5, 5.41) is 13.3. The van der Waals surface area contributed by atoms with Crippen molar-refractivity contribution in [3.8, 4) is 0 Å². The third-order valence-corrected chi connectivity index (χ3v) is 4.44. The van der Waals surface area contributed by atoms with Crippen LogP contribution in [0.1, 0.15) is 30.3 Å². The second-order valence-corrected chi connectivity index (χ2v) is 6.25. The SMILES string of the molecule is Cc1nn(C)c(C)c1C[C@H](C)C(=O)N1CCO[C@H](CC(=O)O)C1. The largest absolute Gasteiger partial charge is 0.481 e. The molecular weight excluding hydrogens is 298 g/mol. The monoisotopic (exact) mass is 323 g/mol. The Morgan fingerprint density at radius 1 is 1.43 bits per heavy atom. The van der Waals surface area contributed by atoms with Crippen LogP contribution in [0.25, 0.3) is 0 Å². The molecule has 0 bridgehead atoms. The molecule has 7 heteroatoms. The average molecular weight is 323 g/mol. The lowest BCUT2D eigenvalue weighted by Gasteiger charge is -2.34. The molecule has 1 amide bonds. The van der Waals surface area contributed by atoms with Crippen LogP contribution in [0.5, 0.6) is 0 Å². The Kier molecular flexibility index (Phi) is 5.41. The number of hydrogen-bond acceptors (Lipinski definition) is 4. The average Bonchev–Trinajstić information content (AvgIpc) is 2.72. The molecule has 1 saturated heterocycles. The third kappa shape index (κ3) is 4.10. The summed E-state index contributed by atoms with van der Waals surface area (Å²) < 4.78 is 7.25. The van der Waals surface area contributed by atoms with E-state index in [1.54, 1.807) is 4.90 Å². The maximum atomic E-state index is 12.7. The van der Waals surface area contributed by atoms with Gasteiger partial charge in [0.05, 0.1) is 24.8 Å². The third-order valence-electron chi connectivity index (χ3n) is 4.44. The summed E-state index contributed by atoms with van der Waals surface area (Å²) in [5.74, 6) is -1.02. The minimum atomic E-state index is -0.904. The van der Waals surface area contributed by atoms with Gasteiger partial charge in [-0.3, -0.25) is 14.3 Å². The van der Waals surface area contributed by atoms with Crippen LogP contribution in [0, 0.1) is 19.8 Å². The van der Waals surface area contributed by atoms with Gasteiger partial charge in [-0.05, 0) is 25.8 Å². The summed E-state index contributed by atoms with van der Waals surface area (Å²) in [4.78, 5) is 25.2. The van der Waals surface area contributed by atoms with Crippen LogP contribution in [0.4, 0.5) is 0 Å². The second kappa shape index (κ2) is 7.12. The number of morpholine rings is 1. The first-order chi connectivity index (χ1) is 10.8. The molecule has 0 aliphatic carbocycles. The number of aryl methyl sites for hydroxylation is 2.